The second-order valence-corrected chi connectivity index (χ2v) is 5.17. The second-order valence-electron chi connectivity index (χ2n) is 5.17. The molecule has 0 saturated heterocycles. The van der Waals surface area contributed by atoms with Crippen molar-refractivity contribution in [2.75, 3.05) is 0 Å². The van der Waals surface area contributed by atoms with Crippen LogP contribution in [0.2, 0.25) is 0 Å². The van der Waals surface area contributed by atoms with Crippen molar-refractivity contribution in [3.63, 3.8) is 0 Å². The van der Waals surface area contributed by atoms with Gasteiger partial charge in [0.05, 0.1) is 5.60 Å². The van der Waals surface area contributed by atoms with E-state index >= 15 is 0 Å². The first-order chi connectivity index (χ1) is 6.74. The van der Waals surface area contributed by atoms with Gasteiger partial charge in [-0.1, -0.05) is 31.8 Å². The van der Waals surface area contributed by atoms with Crippen LogP contribution >= 0.6 is 0 Å². The molecule has 2 saturated carbocycles. The lowest BCUT2D eigenvalue weighted by Gasteiger charge is -2.28. The smallest absolute Gasteiger partial charge is 0.0853 e. The van der Waals surface area contributed by atoms with Gasteiger partial charge in [0.25, 0.3) is 0 Å². The Morgan fingerprint density at radius 2 is 1.93 bits per heavy atom. The van der Waals surface area contributed by atoms with E-state index in [0.717, 1.165) is 12.3 Å². The lowest BCUT2D eigenvalue weighted by molar-refractivity contribution is 0.0406. The Kier molecular flexibility index (Phi) is 2.96. The first kappa shape index (κ1) is 10.2. The first-order valence-corrected chi connectivity index (χ1v) is 6.10. The Bertz CT molecular complexity index is 205. The van der Waals surface area contributed by atoms with Crippen LogP contribution in [0.15, 0.2) is 12.7 Å². The van der Waals surface area contributed by atoms with Crippen molar-refractivity contribution in [1.29, 1.82) is 0 Å². The highest BCUT2D eigenvalue weighted by Crippen LogP contribution is 2.43. The van der Waals surface area contributed by atoms with Crippen molar-refractivity contribution < 1.29 is 5.11 Å². The van der Waals surface area contributed by atoms with Crippen molar-refractivity contribution in [2.24, 2.45) is 11.8 Å². The lowest BCUT2D eigenvalue weighted by atomic mass is 9.83. The molecule has 0 aromatic rings. The Morgan fingerprint density at radius 3 is 2.57 bits per heavy atom. The van der Waals surface area contributed by atoms with Crippen LogP contribution in [-0.4, -0.2) is 10.7 Å². The molecule has 14 heavy (non-hydrogen) atoms. The fourth-order valence-electron chi connectivity index (χ4n) is 3.32. The summed E-state index contributed by atoms with van der Waals surface area (Å²) in [6.45, 7) is 3.79. The van der Waals surface area contributed by atoms with Crippen molar-refractivity contribution in [1.82, 2.24) is 0 Å². The maximum absolute atomic E-state index is 10.3. The van der Waals surface area contributed by atoms with Gasteiger partial charge in [-0.05, 0) is 37.5 Å². The summed E-state index contributed by atoms with van der Waals surface area (Å²) in [6.07, 6.45) is 12.0. The minimum atomic E-state index is -0.525. The zero-order valence-corrected chi connectivity index (χ0v) is 9.04. The van der Waals surface area contributed by atoms with Gasteiger partial charge in [-0.25, -0.2) is 0 Å². The summed E-state index contributed by atoms with van der Waals surface area (Å²) in [5.74, 6) is 1.40. The summed E-state index contributed by atoms with van der Waals surface area (Å²) >= 11 is 0. The van der Waals surface area contributed by atoms with Crippen molar-refractivity contribution in [2.45, 2.75) is 57.0 Å². The molecule has 2 fully saturated rings. The van der Waals surface area contributed by atoms with Gasteiger partial charge in [0.15, 0.2) is 0 Å². The summed E-state index contributed by atoms with van der Waals surface area (Å²) in [5.41, 5.74) is -0.525. The third kappa shape index (κ3) is 1.88. The van der Waals surface area contributed by atoms with Gasteiger partial charge in [0.2, 0.25) is 0 Å². The minimum absolute atomic E-state index is 0.503. The Hall–Kier alpha value is -0.300. The molecule has 1 N–H and O–H groups in total. The fourth-order valence-corrected chi connectivity index (χ4v) is 3.32. The topological polar surface area (TPSA) is 20.2 Å². The van der Waals surface area contributed by atoms with Crippen LogP contribution in [0.25, 0.3) is 0 Å². The van der Waals surface area contributed by atoms with E-state index in [2.05, 4.69) is 6.58 Å². The summed E-state index contributed by atoms with van der Waals surface area (Å²) in [4.78, 5) is 0. The van der Waals surface area contributed by atoms with Gasteiger partial charge in [-0.2, -0.15) is 0 Å². The molecule has 0 heterocycles. The molecule has 2 aliphatic carbocycles. The molecule has 0 aromatic carbocycles. The lowest BCUT2D eigenvalue weighted by Crippen LogP contribution is -2.31. The van der Waals surface area contributed by atoms with Crippen LogP contribution in [0, 0.1) is 11.8 Å². The summed E-state index contributed by atoms with van der Waals surface area (Å²) in [5, 5.41) is 10.3. The van der Waals surface area contributed by atoms with Crippen molar-refractivity contribution in [3.8, 4) is 0 Å². The second kappa shape index (κ2) is 4.06. The van der Waals surface area contributed by atoms with Gasteiger partial charge in [-0.15, -0.1) is 6.58 Å². The highest BCUT2D eigenvalue weighted by atomic mass is 16.3. The number of hydrogen-bond donors (Lipinski definition) is 1. The zero-order chi connectivity index (χ0) is 10.0. The third-order valence-corrected chi connectivity index (χ3v) is 4.28. The summed E-state index contributed by atoms with van der Waals surface area (Å²) in [6, 6.07) is 0. The largest absolute Gasteiger partial charge is 0.386 e. The van der Waals surface area contributed by atoms with E-state index in [4.69, 9.17) is 0 Å². The molecule has 0 radical (unpaired) electrons. The zero-order valence-electron chi connectivity index (χ0n) is 9.04. The standard InChI is InChI=1S/C13H22O/c1-2-13(14)9-5-8-12(13)10-11-6-3-4-7-11/h2,11-12,14H,1,3-10H2. The number of hydrogen-bond acceptors (Lipinski definition) is 1. The molecule has 0 aromatic heterocycles. The molecule has 0 bridgehead atoms. The third-order valence-electron chi connectivity index (χ3n) is 4.28. The molecule has 0 amide bonds. The molecular formula is C13H22O. The molecule has 0 aliphatic heterocycles. The van der Waals surface area contributed by atoms with E-state index in [1.807, 2.05) is 0 Å². The Morgan fingerprint density at radius 1 is 1.21 bits per heavy atom. The molecule has 2 rings (SSSR count). The number of aliphatic hydroxyl groups is 1. The SMILES string of the molecule is C=CC1(O)CCCC1CC1CCCC1. The van der Waals surface area contributed by atoms with Gasteiger partial charge in [0.1, 0.15) is 0 Å². The first-order valence-electron chi connectivity index (χ1n) is 6.10. The van der Waals surface area contributed by atoms with Crippen LogP contribution in [0.3, 0.4) is 0 Å². The Labute approximate surface area is 87.2 Å². The van der Waals surface area contributed by atoms with Gasteiger partial charge >= 0.3 is 0 Å². The van der Waals surface area contributed by atoms with Gasteiger partial charge in [-0.3, -0.25) is 0 Å². The van der Waals surface area contributed by atoms with E-state index in [-0.39, 0.29) is 0 Å². The molecule has 1 heteroatoms. The fraction of sp³-hybridized carbons (Fsp3) is 0.846. The average molecular weight is 194 g/mol. The van der Waals surface area contributed by atoms with Crippen LogP contribution < -0.4 is 0 Å². The predicted octanol–water partition coefficient (Wildman–Crippen LogP) is 3.28. The monoisotopic (exact) mass is 194 g/mol. The summed E-state index contributed by atoms with van der Waals surface area (Å²) in [7, 11) is 0. The molecule has 80 valence electrons. The van der Waals surface area contributed by atoms with Crippen LogP contribution in [-0.2, 0) is 0 Å². The van der Waals surface area contributed by atoms with E-state index in [1.165, 1.54) is 44.9 Å². The maximum atomic E-state index is 10.3. The number of rotatable bonds is 3. The summed E-state index contributed by atoms with van der Waals surface area (Å²) < 4.78 is 0. The van der Waals surface area contributed by atoms with Gasteiger partial charge < -0.3 is 5.11 Å². The predicted molar refractivity (Wildman–Crippen MR) is 59.1 cm³/mol. The minimum Gasteiger partial charge on any atom is -0.386 e. The molecular weight excluding hydrogens is 172 g/mol. The molecule has 2 aliphatic rings. The Balaban J connectivity index is 1.92. The quantitative estimate of drug-likeness (QED) is 0.684. The van der Waals surface area contributed by atoms with Crippen LogP contribution in [0.4, 0.5) is 0 Å². The van der Waals surface area contributed by atoms with Gasteiger partial charge in [0, 0.05) is 0 Å². The molecule has 0 spiro atoms. The van der Waals surface area contributed by atoms with Crippen molar-refractivity contribution >= 4 is 0 Å². The molecule has 2 unspecified atom stereocenters. The molecule has 2 atom stereocenters. The van der Waals surface area contributed by atoms with E-state index in [9.17, 15) is 5.11 Å². The van der Waals surface area contributed by atoms with E-state index in [1.54, 1.807) is 6.08 Å². The van der Waals surface area contributed by atoms with Crippen LogP contribution in [0.5, 0.6) is 0 Å². The highest BCUT2D eigenvalue weighted by Gasteiger charge is 2.39. The van der Waals surface area contributed by atoms with E-state index in [0.29, 0.717) is 5.92 Å². The van der Waals surface area contributed by atoms with Crippen LogP contribution in [0.1, 0.15) is 51.4 Å². The molecule has 1 nitrogen and oxygen atoms in total. The maximum Gasteiger partial charge on any atom is 0.0853 e. The normalized spacial score (nSPS) is 39.1. The van der Waals surface area contributed by atoms with Crippen molar-refractivity contribution in [3.05, 3.63) is 12.7 Å². The average Bonchev–Trinajstić information content (AvgIpc) is 2.79. The van der Waals surface area contributed by atoms with E-state index < -0.39 is 5.60 Å². The highest BCUT2D eigenvalue weighted by molar-refractivity contribution is 5.04.